The maximum atomic E-state index is 13.3. The summed E-state index contributed by atoms with van der Waals surface area (Å²) in [5.41, 5.74) is 0.308. The molecule has 1 aromatic heterocycles. The lowest BCUT2D eigenvalue weighted by Crippen LogP contribution is -2.18. The smallest absolute Gasteiger partial charge is 0.214 e. The van der Waals surface area contributed by atoms with Gasteiger partial charge in [-0.25, -0.2) is 4.39 Å². The van der Waals surface area contributed by atoms with E-state index >= 15 is 0 Å². The van der Waals surface area contributed by atoms with Gasteiger partial charge < -0.3 is 9.32 Å². The van der Waals surface area contributed by atoms with Crippen molar-refractivity contribution in [2.75, 3.05) is 11.9 Å². The summed E-state index contributed by atoms with van der Waals surface area (Å²) in [4.78, 5) is 25.3. The van der Waals surface area contributed by atoms with E-state index in [1.165, 1.54) is 12.1 Å². The van der Waals surface area contributed by atoms with Gasteiger partial charge in [0.15, 0.2) is 6.29 Å². The van der Waals surface area contributed by atoms with Gasteiger partial charge in [0.05, 0.1) is 5.39 Å². The first-order valence-electron chi connectivity index (χ1n) is 6.62. The summed E-state index contributed by atoms with van der Waals surface area (Å²) in [6.07, 6.45) is 0.435. The van der Waals surface area contributed by atoms with Crippen LogP contribution in [0.15, 0.2) is 57.7 Å². The third kappa shape index (κ3) is 2.26. The Labute approximate surface area is 125 Å². The molecule has 0 radical (unpaired) electrons. The molecule has 0 aliphatic rings. The molecule has 0 fully saturated rings. The Balaban J connectivity index is 2.28. The van der Waals surface area contributed by atoms with Crippen LogP contribution in [-0.4, -0.2) is 13.3 Å². The van der Waals surface area contributed by atoms with E-state index in [1.807, 2.05) is 30.3 Å². The van der Waals surface area contributed by atoms with Crippen molar-refractivity contribution >= 4 is 28.8 Å². The Morgan fingerprint density at radius 1 is 1.14 bits per heavy atom. The SMILES string of the molecule is CN(c1ccccc1)c1oc2ccc(F)cc2c(=O)c1C=O. The fourth-order valence-electron chi connectivity index (χ4n) is 2.29. The van der Waals surface area contributed by atoms with Crippen molar-refractivity contribution in [3.05, 3.63) is 70.1 Å². The normalized spacial score (nSPS) is 10.6. The number of aldehydes is 1. The summed E-state index contributed by atoms with van der Waals surface area (Å²) >= 11 is 0. The molecule has 1 heterocycles. The number of carbonyl (C=O) groups excluding carboxylic acids is 1. The molecule has 0 saturated carbocycles. The van der Waals surface area contributed by atoms with Crippen LogP contribution >= 0.6 is 0 Å². The van der Waals surface area contributed by atoms with Crippen molar-refractivity contribution in [3.63, 3.8) is 0 Å². The van der Waals surface area contributed by atoms with Crippen molar-refractivity contribution < 1.29 is 13.6 Å². The predicted molar refractivity (Wildman–Crippen MR) is 82.3 cm³/mol. The molecule has 4 nitrogen and oxygen atoms in total. The summed E-state index contributed by atoms with van der Waals surface area (Å²) < 4.78 is 19.0. The molecule has 0 bridgehead atoms. The van der Waals surface area contributed by atoms with E-state index in [4.69, 9.17) is 4.42 Å². The zero-order valence-electron chi connectivity index (χ0n) is 11.7. The average molecular weight is 297 g/mol. The second-order valence-corrected chi connectivity index (χ2v) is 4.80. The van der Waals surface area contributed by atoms with Gasteiger partial charge in [0, 0.05) is 12.7 Å². The van der Waals surface area contributed by atoms with E-state index in [2.05, 4.69) is 0 Å². The van der Waals surface area contributed by atoms with Gasteiger partial charge >= 0.3 is 0 Å². The van der Waals surface area contributed by atoms with Crippen molar-refractivity contribution in [1.29, 1.82) is 0 Å². The van der Waals surface area contributed by atoms with Gasteiger partial charge in [-0.2, -0.15) is 0 Å². The number of benzene rings is 2. The molecule has 0 spiro atoms. The van der Waals surface area contributed by atoms with E-state index in [0.29, 0.717) is 6.29 Å². The molecule has 0 atom stereocenters. The van der Waals surface area contributed by atoms with Crippen LogP contribution in [0.4, 0.5) is 16.0 Å². The number of nitrogens with zero attached hydrogens (tertiary/aromatic N) is 1. The zero-order valence-corrected chi connectivity index (χ0v) is 11.7. The fourth-order valence-corrected chi connectivity index (χ4v) is 2.29. The zero-order chi connectivity index (χ0) is 15.7. The number of anilines is 2. The molecule has 0 N–H and O–H groups in total. The Morgan fingerprint density at radius 2 is 1.86 bits per heavy atom. The number of hydrogen-bond acceptors (Lipinski definition) is 4. The molecule has 0 saturated heterocycles. The largest absolute Gasteiger partial charge is 0.439 e. The molecule has 5 heteroatoms. The van der Waals surface area contributed by atoms with Crippen molar-refractivity contribution in [2.45, 2.75) is 0 Å². The highest BCUT2D eigenvalue weighted by Gasteiger charge is 2.18. The summed E-state index contributed by atoms with van der Waals surface area (Å²) in [5, 5.41) is 0.0484. The summed E-state index contributed by atoms with van der Waals surface area (Å²) in [6, 6.07) is 12.8. The first kappa shape index (κ1) is 14.0. The lowest BCUT2D eigenvalue weighted by Gasteiger charge is -2.19. The van der Waals surface area contributed by atoms with Gasteiger partial charge in [-0.1, -0.05) is 18.2 Å². The van der Waals surface area contributed by atoms with Gasteiger partial charge in [0.2, 0.25) is 11.3 Å². The Kier molecular flexibility index (Phi) is 3.47. The maximum absolute atomic E-state index is 13.3. The molecule has 110 valence electrons. The van der Waals surface area contributed by atoms with Crippen LogP contribution < -0.4 is 10.3 Å². The monoisotopic (exact) mass is 297 g/mol. The molecule has 0 aliphatic heterocycles. The van der Waals surface area contributed by atoms with Crippen molar-refractivity contribution in [2.24, 2.45) is 0 Å². The van der Waals surface area contributed by atoms with E-state index in [-0.39, 0.29) is 22.4 Å². The molecule has 0 aliphatic carbocycles. The summed E-state index contributed by atoms with van der Waals surface area (Å²) in [5.74, 6) is -0.425. The van der Waals surface area contributed by atoms with Crippen LogP contribution in [0.25, 0.3) is 11.0 Å². The molecule has 2 aromatic carbocycles. The quantitative estimate of drug-likeness (QED) is 0.694. The maximum Gasteiger partial charge on any atom is 0.214 e. The molecular weight excluding hydrogens is 285 g/mol. The first-order chi connectivity index (χ1) is 10.6. The van der Waals surface area contributed by atoms with E-state index < -0.39 is 11.2 Å². The van der Waals surface area contributed by atoms with Crippen LogP contribution in [0.1, 0.15) is 10.4 Å². The Bertz CT molecular complexity index is 903. The van der Waals surface area contributed by atoms with Crippen LogP contribution in [0.3, 0.4) is 0 Å². The summed E-state index contributed by atoms with van der Waals surface area (Å²) in [6.45, 7) is 0. The van der Waals surface area contributed by atoms with Crippen LogP contribution in [0.2, 0.25) is 0 Å². The Morgan fingerprint density at radius 3 is 2.55 bits per heavy atom. The third-order valence-electron chi connectivity index (χ3n) is 3.43. The van der Waals surface area contributed by atoms with E-state index in [9.17, 15) is 14.0 Å². The average Bonchev–Trinajstić information content (AvgIpc) is 2.55. The highest BCUT2D eigenvalue weighted by atomic mass is 19.1. The molecule has 3 aromatic rings. The first-order valence-corrected chi connectivity index (χ1v) is 6.62. The number of hydrogen-bond donors (Lipinski definition) is 0. The highest BCUT2D eigenvalue weighted by Crippen LogP contribution is 2.28. The second kappa shape index (κ2) is 5.44. The van der Waals surface area contributed by atoms with E-state index in [1.54, 1.807) is 11.9 Å². The number of fused-ring (bicyclic) bond motifs is 1. The minimum absolute atomic E-state index is 0.0484. The van der Waals surface area contributed by atoms with Gasteiger partial charge in [0.25, 0.3) is 0 Å². The fraction of sp³-hybridized carbons (Fsp3) is 0.0588. The molecule has 0 amide bonds. The van der Waals surface area contributed by atoms with Gasteiger partial charge in [-0.05, 0) is 30.3 Å². The number of para-hydroxylation sites is 1. The lowest BCUT2D eigenvalue weighted by atomic mass is 10.1. The summed E-state index contributed by atoms with van der Waals surface area (Å²) in [7, 11) is 1.69. The standard InChI is InChI=1S/C17H12FNO3/c1-19(12-5-3-2-4-6-12)17-14(10-20)16(21)13-9-11(18)7-8-15(13)22-17/h2-10H,1H3. The van der Waals surface area contributed by atoms with Crippen LogP contribution in [0, 0.1) is 5.82 Å². The molecule has 3 rings (SSSR count). The number of carbonyl (C=O) groups is 1. The number of rotatable bonds is 3. The Hall–Kier alpha value is -2.95. The van der Waals surface area contributed by atoms with Gasteiger partial charge in [-0.15, -0.1) is 0 Å². The van der Waals surface area contributed by atoms with Crippen molar-refractivity contribution in [3.8, 4) is 0 Å². The predicted octanol–water partition coefficient (Wildman–Crippen LogP) is 3.51. The minimum atomic E-state index is -0.555. The van der Waals surface area contributed by atoms with E-state index in [0.717, 1.165) is 11.8 Å². The minimum Gasteiger partial charge on any atom is -0.439 e. The van der Waals surface area contributed by atoms with Crippen molar-refractivity contribution in [1.82, 2.24) is 0 Å². The van der Waals surface area contributed by atoms with Gasteiger partial charge in [0.1, 0.15) is 17.0 Å². The number of halogens is 1. The highest BCUT2D eigenvalue weighted by molar-refractivity contribution is 5.90. The molecular formula is C17H12FNO3. The lowest BCUT2D eigenvalue weighted by molar-refractivity contribution is 0.112. The van der Waals surface area contributed by atoms with Gasteiger partial charge in [-0.3, -0.25) is 9.59 Å². The third-order valence-corrected chi connectivity index (χ3v) is 3.43. The van der Waals surface area contributed by atoms with Crippen LogP contribution in [0.5, 0.6) is 0 Å². The molecule has 22 heavy (non-hydrogen) atoms. The topological polar surface area (TPSA) is 50.5 Å². The molecule has 0 unspecified atom stereocenters. The van der Waals surface area contributed by atoms with Crippen LogP contribution in [-0.2, 0) is 0 Å². The second-order valence-electron chi connectivity index (χ2n) is 4.80.